The monoisotopic (exact) mass is 215 g/mol. The Bertz CT molecular complexity index is 311. The number of rotatable bonds is 4. The molecule has 1 rings (SSSR count). The van der Waals surface area contributed by atoms with E-state index in [2.05, 4.69) is 4.74 Å². The Kier molecular flexibility index (Phi) is 4.06. The van der Waals surface area contributed by atoms with Gasteiger partial charge in [0.25, 0.3) is 0 Å². The second-order valence-electron chi connectivity index (χ2n) is 2.82. The highest BCUT2D eigenvalue weighted by Crippen LogP contribution is 2.24. The molecule has 0 aliphatic rings. The molecule has 0 aliphatic carbocycles. The van der Waals surface area contributed by atoms with Gasteiger partial charge >= 0.3 is 5.97 Å². The molecule has 0 aliphatic heterocycles. The number of aliphatic hydroxyl groups is 1. The maximum atomic E-state index is 11.1. The Morgan fingerprint density at radius 2 is 2.50 bits per heavy atom. The Hall–Kier alpha value is -0.910. The van der Waals surface area contributed by atoms with Crippen LogP contribution >= 0.6 is 11.3 Å². The summed E-state index contributed by atoms with van der Waals surface area (Å²) in [6, 6.07) is 1.64. The summed E-state index contributed by atoms with van der Waals surface area (Å²) in [6.45, 7) is 0.423. The third-order valence-corrected chi connectivity index (χ3v) is 2.84. The van der Waals surface area contributed by atoms with Gasteiger partial charge in [0.2, 0.25) is 0 Å². The molecule has 0 radical (unpaired) electrons. The molecule has 0 saturated heterocycles. The number of carbonyl (C=O) groups is 1. The molecule has 5 heteroatoms. The maximum Gasteiger partial charge on any atom is 0.338 e. The zero-order valence-electron chi connectivity index (χ0n) is 7.90. The van der Waals surface area contributed by atoms with E-state index in [4.69, 9.17) is 5.73 Å². The van der Waals surface area contributed by atoms with Crippen molar-refractivity contribution < 1.29 is 14.6 Å². The van der Waals surface area contributed by atoms with Gasteiger partial charge in [0.05, 0.1) is 18.8 Å². The van der Waals surface area contributed by atoms with Crippen LogP contribution in [0.15, 0.2) is 11.4 Å². The molecule has 1 aromatic rings. The van der Waals surface area contributed by atoms with Crippen molar-refractivity contribution in [2.75, 3.05) is 13.7 Å². The molecule has 0 spiro atoms. The summed E-state index contributed by atoms with van der Waals surface area (Å²) in [4.78, 5) is 11.8. The molecule has 0 fully saturated rings. The summed E-state index contributed by atoms with van der Waals surface area (Å²) in [5, 5.41) is 11.2. The first-order chi connectivity index (χ1) is 6.69. The van der Waals surface area contributed by atoms with Crippen LogP contribution in [0.2, 0.25) is 0 Å². The van der Waals surface area contributed by atoms with Crippen molar-refractivity contribution in [1.29, 1.82) is 0 Å². The van der Waals surface area contributed by atoms with E-state index in [0.717, 1.165) is 4.88 Å². The number of ether oxygens (including phenoxy) is 1. The van der Waals surface area contributed by atoms with E-state index in [0.29, 0.717) is 18.5 Å². The lowest BCUT2D eigenvalue weighted by Gasteiger charge is -2.04. The van der Waals surface area contributed by atoms with E-state index in [-0.39, 0.29) is 5.97 Å². The van der Waals surface area contributed by atoms with Gasteiger partial charge in [-0.1, -0.05) is 0 Å². The van der Waals surface area contributed by atoms with Crippen molar-refractivity contribution in [3.05, 3.63) is 21.9 Å². The Morgan fingerprint density at radius 3 is 3.07 bits per heavy atom. The topological polar surface area (TPSA) is 72.5 Å². The zero-order chi connectivity index (χ0) is 10.6. The van der Waals surface area contributed by atoms with Gasteiger partial charge < -0.3 is 15.6 Å². The molecule has 0 amide bonds. The molecule has 1 unspecified atom stereocenters. The van der Waals surface area contributed by atoms with Crippen molar-refractivity contribution in [1.82, 2.24) is 0 Å². The van der Waals surface area contributed by atoms with Gasteiger partial charge in [0, 0.05) is 10.3 Å². The summed E-state index contributed by atoms with van der Waals surface area (Å²) in [5.41, 5.74) is 5.79. The summed E-state index contributed by atoms with van der Waals surface area (Å²) in [5.74, 6) is -0.382. The smallest absolute Gasteiger partial charge is 0.338 e. The third-order valence-electron chi connectivity index (χ3n) is 1.81. The van der Waals surface area contributed by atoms with Crippen LogP contribution in [-0.2, 0) is 4.74 Å². The predicted molar refractivity (Wildman–Crippen MR) is 54.3 cm³/mol. The lowest BCUT2D eigenvalue weighted by molar-refractivity contribution is 0.0601. The molecule has 0 aromatic carbocycles. The largest absolute Gasteiger partial charge is 0.465 e. The maximum absolute atomic E-state index is 11.1. The number of methoxy groups -OCH3 is 1. The highest BCUT2D eigenvalue weighted by Gasteiger charge is 2.13. The first kappa shape index (κ1) is 11.2. The van der Waals surface area contributed by atoms with Crippen LogP contribution < -0.4 is 5.73 Å². The molecule has 0 saturated carbocycles. The zero-order valence-corrected chi connectivity index (χ0v) is 8.71. The Labute approximate surface area is 86.3 Å². The van der Waals surface area contributed by atoms with E-state index < -0.39 is 6.10 Å². The van der Waals surface area contributed by atoms with E-state index in [1.54, 1.807) is 11.4 Å². The number of hydrogen-bond acceptors (Lipinski definition) is 5. The van der Waals surface area contributed by atoms with Gasteiger partial charge in [-0.05, 0) is 19.0 Å². The third kappa shape index (κ3) is 2.54. The van der Waals surface area contributed by atoms with Crippen molar-refractivity contribution in [2.24, 2.45) is 5.73 Å². The van der Waals surface area contributed by atoms with Gasteiger partial charge in [-0.2, -0.15) is 0 Å². The van der Waals surface area contributed by atoms with Crippen LogP contribution in [0, 0.1) is 0 Å². The second-order valence-corrected chi connectivity index (χ2v) is 3.77. The predicted octanol–water partition coefficient (Wildman–Crippen LogP) is 0.917. The van der Waals surface area contributed by atoms with Crippen molar-refractivity contribution in [3.63, 3.8) is 0 Å². The minimum Gasteiger partial charge on any atom is -0.465 e. The highest BCUT2D eigenvalue weighted by atomic mass is 32.1. The minimum absolute atomic E-state index is 0.382. The second kappa shape index (κ2) is 5.09. The molecule has 1 atom stereocenters. The summed E-state index contributed by atoms with van der Waals surface area (Å²) in [7, 11) is 1.33. The number of esters is 1. The molecule has 1 heterocycles. The molecular weight excluding hydrogens is 202 g/mol. The fourth-order valence-corrected chi connectivity index (χ4v) is 1.95. The van der Waals surface area contributed by atoms with Crippen LogP contribution in [0.1, 0.15) is 27.8 Å². The van der Waals surface area contributed by atoms with E-state index in [1.807, 2.05) is 0 Å². The lowest BCUT2D eigenvalue weighted by Crippen LogP contribution is -2.05. The minimum atomic E-state index is -0.580. The average molecular weight is 215 g/mol. The van der Waals surface area contributed by atoms with Crippen molar-refractivity contribution in [3.8, 4) is 0 Å². The van der Waals surface area contributed by atoms with E-state index in [1.165, 1.54) is 18.4 Å². The van der Waals surface area contributed by atoms with E-state index >= 15 is 0 Å². The van der Waals surface area contributed by atoms with Crippen LogP contribution in [-0.4, -0.2) is 24.7 Å². The van der Waals surface area contributed by atoms with Gasteiger partial charge in [0.15, 0.2) is 0 Å². The molecule has 3 N–H and O–H groups in total. The molecule has 0 bridgehead atoms. The molecule has 4 nitrogen and oxygen atoms in total. The molecule has 14 heavy (non-hydrogen) atoms. The lowest BCUT2D eigenvalue weighted by atomic mass is 10.2. The Morgan fingerprint density at radius 1 is 1.79 bits per heavy atom. The molecular formula is C9H13NO3S. The number of nitrogens with two attached hydrogens (primary N) is 1. The number of carbonyl (C=O) groups excluding carboxylic acids is 1. The average Bonchev–Trinajstić information content (AvgIpc) is 2.66. The fourth-order valence-electron chi connectivity index (χ4n) is 1.05. The highest BCUT2D eigenvalue weighted by molar-refractivity contribution is 7.10. The van der Waals surface area contributed by atoms with Crippen molar-refractivity contribution >= 4 is 17.3 Å². The van der Waals surface area contributed by atoms with Gasteiger partial charge in [-0.25, -0.2) is 4.79 Å². The van der Waals surface area contributed by atoms with Crippen LogP contribution in [0.3, 0.4) is 0 Å². The Balaban J connectivity index is 2.72. The van der Waals surface area contributed by atoms with Crippen LogP contribution in [0.5, 0.6) is 0 Å². The summed E-state index contributed by atoms with van der Waals surface area (Å²) >= 11 is 1.33. The molecule has 1 aromatic heterocycles. The van der Waals surface area contributed by atoms with Crippen LogP contribution in [0.4, 0.5) is 0 Å². The van der Waals surface area contributed by atoms with Crippen molar-refractivity contribution in [2.45, 2.75) is 12.5 Å². The number of thiophene rings is 1. The van der Waals surface area contributed by atoms with E-state index in [9.17, 15) is 9.90 Å². The van der Waals surface area contributed by atoms with Gasteiger partial charge in [0.1, 0.15) is 0 Å². The summed E-state index contributed by atoms with van der Waals surface area (Å²) in [6.07, 6.45) is -0.0791. The number of hydrogen-bond donors (Lipinski definition) is 2. The normalized spacial score (nSPS) is 12.5. The SMILES string of the molecule is COC(=O)c1csc(C(O)CCN)c1. The molecule has 78 valence electrons. The number of aliphatic hydroxyl groups excluding tert-OH is 1. The first-order valence-electron chi connectivity index (χ1n) is 4.24. The fraction of sp³-hybridized carbons (Fsp3) is 0.444. The van der Waals surface area contributed by atoms with Crippen LogP contribution in [0.25, 0.3) is 0 Å². The van der Waals surface area contributed by atoms with Gasteiger partial charge in [-0.3, -0.25) is 0 Å². The quantitative estimate of drug-likeness (QED) is 0.732. The summed E-state index contributed by atoms with van der Waals surface area (Å²) < 4.78 is 4.55. The standard InChI is InChI=1S/C9H13NO3S/c1-13-9(12)6-4-8(14-5-6)7(11)2-3-10/h4-5,7,11H,2-3,10H2,1H3. The van der Waals surface area contributed by atoms with Gasteiger partial charge in [-0.15, -0.1) is 11.3 Å². The first-order valence-corrected chi connectivity index (χ1v) is 5.12.